The predicted octanol–water partition coefficient (Wildman–Crippen LogP) is 1.71. The van der Waals surface area contributed by atoms with E-state index in [0.717, 1.165) is 6.42 Å². The number of hydrogen-bond donors (Lipinski definition) is 0. The largest absolute Gasteiger partial charge is 0.453 e. The molecule has 2 nitrogen and oxygen atoms in total. The first-order chi connectivity index (χ1) is 6.27. The molecule has 0 radical (unpaired) electrons. The summed E-state index contributed by atoms with van der Waals surface area (Å²) in [5.41, 5.74) is 1.75. The molecule has 0 aliphatic carbocycles. The van der Waals surface area contributed by atoms with Crippen LogP contribution in [0.5, 0.6) is 0 Å². The molecular weight excluding hydrogens is 164 g/mol. The van der Waals surface area contributed by atoms with E-state index in [4.69, 9.17) is 4.74 Å². The highest BCUT2D eigenvalue weighted by molar-refractivity contribution is 5.94. The third-order valence-corrected chi connectivity index (χ3v) is 2.16. The van der Waals surface area contributed by atoms with Crippen molar-refractivity contribution in [3.63, 3.8) is 0 Å². The summed E-state index contributed by atoms with van der Waals surface area (Å²) in [6.07, 6.45) is 0.640. The number of esters is 1. The molecule has 13 heavy (non-hydrogen) atoms. The molecule has 2 rings (SSSR count). The fourth-order valence-electron chi connectivity index (χ4n) is 1.34. The molecule has 0 N–H and O–H groups in total. The van der Waals surface area contributed by atoms with Gasteiger partial charge in [0.25, 0.3) is 0 Å². The van der Waals surface area contributed by atoms with Crippen LogP contribution in [0, 0.1) is 0 Å². The first-order valence-electron chi connectivity index (χ1n) is 4.21. The molecule has 2 heteroatoms. The second-order valence-corrected chi connectivity index (χ2v) is 3.11. The van der Waals surface area contributed by atoms with Gasteiger partial charge in [-0.1, -0.05) is 36.9 Å². The van der Waals surface area contributed by atoms with Gasteiger partial charge >= 0.3 is 5.97 Å². The first kappa shape index (κ1) is 8.05. The summed E-state index contributed by atoms with van der Waals surface area (Å²) >= 11 is 0. The Kier molecular flexibility index (Phi) is 1.89. The Bertz CT molecular complexity index is 340. The summed E-state index contributed by atoms with van der Waals surface area (Å²) in [6, 6.07) is 9.93. The summed E-state index contributed by atoms with van der Waals surface area (Å²) in [5.74, 6) is -0.263. The molecule has 1 atom stereocenters. The number of cyclic esters (lactones) is 1. The van der Waals surface area contributed by atoms with E-state index in [2.05, 4.69) is 6.58 Å². The lowest BCUT2D eigenvalue weighted by Gasteiger charge is -2.27. The van der Waals surface area contributed by atoms with Crippen LogP contribution < -0.4 is 0 Å². The summed E-state index contributed by atoms with van der Waals surface area (Å²) in [5, 5.41) is 0. The molecule has 1 aliphatic rings. The van der Waals surface area contributed by atoms with Crippen LogP contribution in [0.25, 0.3) is 0 Å². The van der Waals surface area contributed by atoms with E-state index in [0.29, 0.717) is 5.57 Å². The van der Waals surface area contributed by atoms with Crippen molar-refractivity contribution in [2.75, 3.05) is 0 Å². The van der Waals surface area contributed by atoms with Crippen molar-refractivity contribution in [1.82, 2.24) is 0 Å². The Labute approximate surface area is 76.8 Å². The van der Waals surface area contributed by atoms with E-state index >= 15 is 0 Å². The minimum Gasteiger partial charge on any atom is -0.453 e. The molecule has 1 aromatic rings. The van der Waals surface area contributed by atoms with Gasteiger partial charge in [-0.15, -0.1) is 0 Å². The third-order valence-electron chi connectivity index (χ3n) is 2.16. The first-order valence-corrected chi connectivity index (χ1v) is 4.21. The number of benzene rings is 1. The summed E-state index contributed by atoms with van der Waals surface area (Å²) in [4.78, 5) is 10.7. The predicted molar refractivity (Wildman–Crippen MR) is 49.2 cm³/mol. The Morgan fingerprint density at radius 3 is 2.54 bits per heavy atom. The van der Waals surface area contributed by atoms with E-state index in [9.17, 15) is 4.79 Å². The molecule has 66 valence electrons. The highest BCUT2D eigenvalue weighted by Crippen LogP contribution is 2.22. The quantitative estimate of drug-likeness (QED) is 0.504. The van der Waals surface area contributed by atoms with Gasteiger partial charge in [0.1, 0.15) is 6.10 Å². The topological polar surface area (TPSA) is 26.3 Å². The van der Waals surface area contributed by atoms with Crippen molar-refractivity contribution >= 4 is 5.97 Å². The number of carbonyl (C=O) groups excluding carboxylic acids is 1. The van der Waals surface area contributed by atoms with Crippen LogP contribution in [0.2, 0.25) is 0 Å². The number of rotatable bonds is 2. The van der Waals surface area contributed by atoms with E-state index < -0.39 is 0 Å². The SMILES string of the molecule is C=C1C(=O)OC1Cc1ccccc1. The van der Waals surface area contributed by atoms with E-state index in [1.807, 2.05) is 30.3 Å². The smallest absolute Gasteiger partial charge is 0.337 e. The number of carbonyl (C=O) groups is 1. The van der Waals surface area contributed by atoms with Gasteiger partial charge in [0.15, 0.2) is 0 Å². The monoisotopic (exact) mass is 174 g/mol. The van der Waals surface area contributed by atoms with Crippen LogP contribution in [-0.4, -0.2) is 12.1 Å². The third kappa shape index (κ3) is 1.47. The van der Waals surface area contributed by atoms with Crippen LogP contribution in [0.4, 0.5) is 0 Å². The van der Waals surface area contributed by atoms with Gasteiger partial charge in [-0.3, -0.25) is 0 Å². The average molecular weight is 174 g/mol. The van der Waals surface area contributed by atoms with Crippen molar-refractivity contribution in [2.45, 2.75) is 12.5 Å². The van der Waals surface area contributed by atoms with Gasteiger partial charge < -0.3 is 4.74 Å². The van der Waals surface area contributed by atoms with Crippen molar-refractivity contribution < 1.29 is 9.53 Å². The maximum atomic E-state index is 10.7. The van der Waals surface area contributed by atoms with Crippen molar-refractivity contribution in [3.05, 3.63) is 48.0 Å². The zero-order chi connectivity index (χ0) is 9.26. The Morgan fingerprint density at radius 2 is 2.00 bits per heavy atom. The molecule has 0 amide bonds. The van der Waals surface area contributed by atoms with Gasteiger partial charge in [-0.25, -0.2) is 4.79 Å². The Morgan fingerprint density at radius 1 is 1.31 bits per heavy atom. The molecule has 0 aromatic heterocycles. The second kappa shape index (κ2) is 3.05. The van der Waals surface area contributed by atoms with Crippen LogP contribution in [0.3, 0.4) is 0 Å². The Hall–Kier alpha value is -1.57. The molecular formula is C11H10O2. The van der Waals surface area contributed by atoms with Gasteiger partial charge in [0, 0.05) is 6.42 Å². The molecule has 1 saturated heterocycles. The normalized spacial score (nSPS) is 20.8. The maximum Gasteiger partial charge on any atom is 0.337 e. The molecule has 0 saturated carbocycles. The second-order valence-electron chi connectivity index (χ2n) is 3.11. The van der Waals surface area contributed by atoms with Gasteiger partial charge in [0.05, 0.1) is 5.57 Å². The molecule has 1 heterocycles. The molecule has 0 spiro atoms. The Balaban J connectivity index is 2.01. The van der Waals surface area contributed by atoms with Crippen LogP contribution in [0.15, 0.2) is 42.5 Å². The lowest BCUT2D eigenvalue weighted by atomic mass is 9.99. The minimum atomic E-state index is -0.263. The molecule has 1 unspecified atom stereocenters. The minimum absolute atomic E-state index is 0.102. The summed E-state index contributed by atoms with van der Waals surface area (Å²) in [6.45, 7) is 3.64. The molecule has 1 fully saturated rings. The molecule has 1 aliphatic heterocycles. The lowest BCUT2D eigenvalue weighted by molar-refractivity contribution is -0.155. The fraction of sp³-hybridized carbons (Fsp3) is 0.182. The standard InChI is InChI=1S/C11H10O2/c1-8-10(13-11(8)12)7-9-5-3-2-4-6-9/h2-6,10H,1,7H2. The highest BCUT2D eigenvalue weighted by Gasteiger charge is 2.33. The zero-order valence-electron chi connectivity index (χ0n) is 7.19. The molecule has 1 aromatic carbocycles. The van der Waals surface area contributed by atoms with E-state index in [1.54, 1.807) is 0 Å². The lowest BCUT2D eigenvalue weighted by Crippen LogP contribution is -2.37. The summed E-state index contributed by atoms with van der Waals surface area (Å²) < 4.78 is 4.92. The van der Waals surface area contributed by atoms with Crippen molar-refractivity contribution in [1.29, 1.82) is 0 Å². The van der Waals surface area contributed by atoms with Crippen LogP contribution in [-0.2, 0) is 16.0 Å². The van der Waals surface area contributed by atoms with Gasteiger partial charge in [-0.2, -0.15) is 0 Å². The number of hydrogen-bond acceptors (Lipinski definition) is 2. The van der Waals surface area contributed by atoms with Gasteiger partial charge in [-0.05, 0) is 5.56 Å². The van der Waals surface area contributed by atoms with Crippen molar-refractivity contribution in [2.24, 2.45) is 0 Å². The molecule has 0 bridgehead atoms. The maximum absolute atomic E-state index is 10.7. The van der Waals surface area contributed by atoms with E-state index in [-0.39, 0.29) is 12.1 Å². The van der Waals surface area contributed by atoms with Gasteiger partial charge in [0.2, 0.25) is 0 Å². The average Bonchev–Trinajstić information content (AvgIpc) is 2.19. The van der Waals surface area contributed by atoms with E-state index in [1.165, 1.54) is 5.56 Å². The number of ether oxygens (including phenoxy) is 1. The fourth-order valence-corrected chi connectivity index (χ4v) is 1.34. The summed E-state index contributed by atoms with van der Waals surface area (Å²) in [7, 11) is 0. The zero-order valence-corrected chi connectivity index (χ0v) is 7.19. The van der Waals surface area contributed by atoms with Crippen molar-refractivity contribution in [3.8, 4) is 0 Å². The van der Waals surface area contributed by atoms with Crippen LogP contribution >= 0.6 is 0 Å². The highest BCUT2D eigenvalue weighted by atomic mass is 16.6. The van der Waals surface area contributed by atoms with Crippen LogP contribution in [0.1, 0.15) is 5.56 Å².